The van der Waals surface area contributed by atoms with Crippen molar-refractivity contribution >= 4 is 29.0 Å². The first kappa shape index (κ1) is 24.3. The number of ketones is 1. The normalized spacial score (nSPS) is 17.6. The second-order valence-corrected chi connectivity index (χ2v) is 8.94. The molecule has 1 amide bonds. The summed E-state index contributed by atoms with van der Waals surface area (Å²) in [6.45, 7) is 1.55. The van der Waals surface area contributed by atoms with E-state index in [1.807, 2.05) is 30.3 Å². The number of nitrogens with two attached hydrogens (primary N) is 2. The van der Waals surface area contributed by atoms with Crippen molar-refractivity contribution < 1.29 is 14.0 Å². The van der Waals surface area contributed by atoms with Gasteiger partial charge in [-0.3, -0.25) is 14.6 Å². The minimum absolute atomic E-state index is 0.0147. The first-order valence-electron chi connectivity index (χ1n) is 11.6. The maximum absolute atomic E-state index is 14.8. The van der Waals surface area contributed by atoms with Crippen LogP contribution in [0, 0.1) is 5.82 Å². The second-order valence-electron chi connectivity index (χ2n) is 8.94. The van der Waals surface area contributed by atoms with Crippen LogP contribution in [-0.2, 0) is 11.2 Å². The maximum Gasteiger partial charge on any atom is 0.252 e. The molecule has 0 unspecified atom stereocenters. The Bertz CT molecular complexity index is 1250. The summed E-state index contributed by atoms with van der Waals surface area (Å²) < 4.78 is 14.8. The molecule has 0 saturated heterocycles. The van der Waals surface area contributed by atoms with Gasteiger partial charge in [-0.05, 0) is 43.0 Å². The van der Waals surface area contributed by atoms with Crippen molar-refractivity contribution in [3.05, 3.63) is 65.7 Å². The first-order valence-corrected chi connectivity index (χ1v) is 11.6. The molecule has 0 aliphatic heterocycles. The van der Waals surface area contributed by atoms with Crippen LogP contribution >= 0.6 is 0 Å². The Morgan fingerprint density at radius 3 is 2.63 bits per heavy atom. The second kappa shape index (κ2) is 10.6. The van der Waals surface area contributed by atoms with Gasteiger partial charge >= 0.3 is 0 Å². The zero-order valence-corrected chi connectivity index (χ0v) is 19.6. The van der Waals surface area contributed by atoms with Crippen LogP contribution in [0.1, 0.15) is 48.5 Å². The maximum atomic E-state index is 14.8. The van der Waals surface area contributed by atoms with Crippen LogP contribution in [0.25, 0.3) is 11.1 Å². The number of rotatable bonds is 8. The minimum atomic E-state index is -0.805. The van der Waals surface area contributed by atoms with Crippen LogP contribution in [0.3, 0.4) is 0 Å². The third-order valence-corrected chi connectivity index (χ3v) is 6.10. The third kappa shape index (κ3) is 5.99. The Hall–Kier alpha value is -3.85. The molecule has 2 aromatic heterocycles. The largest absolute Gasteiger partial charge is 0.365 e. The molecule has 4 rings (SSSR count). The number of carbonyl (C=O) groups excluding carboxylic acids is 2. The zero-order valence-electron chi connectivity index (χ0n) is 19.6. The molecule has 1 fully saturated rings. The van der Waals surface area contributed by atoms with Crippen molar-refractivity contribution in [1.82, 2.24) is 9.97 Å². The van der Waals surface area contributed by atoms with Gasteiger partial charge < -0.3 is 22.1 Å². The Labute approximate surface area is 203 Å². The highest BCUT2D eigenvalue weighted by atomic mass is 19.1. The van der Waals surface area contributed by atoms with Crippen molar-refractivity contribution in [2.24, 2.45) is 11.5 Å². The van der Waals surface area contributed by atoms with E-state index in [2.05, 4.69) is 20.6 Å². The average Bonchev–Trinajstić information content (AvgIpc) is 2.82. The van der Waals surface area contributed by atoms with E-state index in [0.717, 1.165) is 48.4 Å². The van der Waals surface area contributed by atoms with E-state index in [9.17, 15) is 14.0 Å². The smallest absolute Gasteiger partial charge is 0.252 e. The molecule has 1 saturated carbocycles. The fraction of sp³-hybridized carbons (Fsp3) is 0.308. The predicted octanol–water partition coefficient (Wildman–Crippen LogP) is 3.94. The van der Waals surface area contributed by atoms with E-state index in [0.29, 0.717) is 12.1 Å². The molecule has 35 heavy (non-hydrogen) atoms. The van der Waals surface area contributed by atoms with Crippen LogP contribution in [-0.4, -0.2) is 33.7 Å². The van der Waals surface area contributed by atoms with Gasteiger partial charge in [-0.25, -0.2) is 9.37 Å². The van der Waals surface area contributed by atoms with E-state index >= 15 is 0 Å². The number of primary amides is 1. The minimum Gasteiger partial charge on any atom is -0.365 e. The van der Waals surface area contributed by atoms with Crippen LogP contribution in [0.5, 0.6) is 0 Å². The van der Waals surface area contributed by atoms with E-state index in [1.54, 1.807) is 19.3 Å². The third-order valence-electron chi connectivity index (χ3n) is 6.10. The molecular formula is C26H29FN6O2. The number of nitrogens with one attached hydrogen (secondary N) is 2. The number of hydrogen-bond acceptors (Lipinski definition) is 7. The standard InChI is InChI=1S/C26H29FN6O2/c1-15(34)9-16-5-4-6-17(10-16)18-11-19(14-30-13-18)31-25-20(24(29)35)12-21(27)26(33-25)32-23-8-3-2-7-22(23)28/h4-6,10-14,22-23H,2-3,7-9,28H2,1H3,(H2,29,35)(H2,31,32,33)/t22-,23+/m0/s1. The SMILES string of the molecule is CC(=O)Cc1cccc(-c2cncc(Nc3nc(N[C@@H]4CCCC[C@@H]4N)c(F)cc3C(N)=O)c2)c1. The Morgan fingerprint density at radius 2 is 1.89 bits per heavy atom. The van der Waals surface area contributed by atoms with Gasteiger partial charge in [0.15, 0.2) is 11.6 Å². The van der Waals surface area contributed by atoms with E-state index in [4.69, 9.17) is 11.5 Å². The number of hydrogen-bond donors (Lipinski definition) is 4. The fourth-order valence-electron chi connectivity index (χ4n) is 4.34. The molecule has 2 heterocycles. The summed E-state index contributed by atoms with van der Waals surface area (Å²) in [6.07, 6.45) is 7.34. The summed E-state index contributed by atoms with van der Waals surface area (Å²) in [4.78, 5) is 32.2. The van der Waals surface area contributed by atoms with Gasteiger partial charge in [-0.15, -0.1) is 0 Å². The molecule has 0 spiro atoms. The van der Waals surface area contributed by atoms with Crippen LogP contribution < -0.4 is 22.1 Å². The predicted molar refractivity (Wildman–Crippen MR) is 134 cm³/mol. The summed E-state index contributed by atoms with van der Waals surface area (Å²) in [5.41, 5.74) is 14.8. The van der Waals surface area contributed by atoms with Gasteiger partial charge in [0.2, 0.25) is 0 Å². The molecule has 6 N–H and O–H groups in total. The Kier molecular flexibility index (Phi) is 7.36. The number of aromatic nitrogens is 2. The Balaban J connectivity index is 1.63. The number of pyridine rings is 2. The van der Waals surface area contributed by atoms with E-state index in [-0.39, 0.29) is 35.1 Å². The summed E-state index contributed by atoms with van der Waals surface area (Å²) >= 11 is 0. The number of halogens is 1. The number of nitrogens with zero attached hydrogens (tertiary/aromatic N) is 2. The number of Topliss-reactive ketones (excluding diaryl/α,β-unsaturated/α-hetero) is 1. The molecule has 0 bridgehead atoms. The highest BCUT2D eigenvalue weighted by Gasteiger charge is 2.24. The molecular weight excluding hydrogens is 447 g/mol. The highest BCUT2D eigenvalue weighted by Crippen LogP contribution is 2.28. The number of anilines is 3. The van der Waals surface area contributed by atoms with Gasteiger partial charge in [-0.1, -0.05) is 37.1 Å². The molecule has 9 heteroatoms. The fourth-order valence-corrected chi connectivity index (χ4v) is 4.34. The number of amides is 1. The first-order chi connectivity index (χ1) is 16.8. The molecule has 182 valence electrons. The Morgan fingerprint density at radius 1 is 1.09 bits per heavy atom. The molecule has 2 atom stereocenters. The summed E-state index contributed by atoms with van der Waals surface area (Å²) in [6, 6.07) is 10.3. The lowest BCUT2D eigenvalue weighted by atomic mass is 9.91. The highest BCUT2D eigenvalue weighted by molar-refractivity contribution is 5.98. The van der Waals surface area contributed by atoms with Crippen LogP contribution in [0.15, 0.2) is 48.8 Å². The number of benzene rings is 1. The lowest BCUT2D eigenvalue weighted by molar-refractivity contribution is -0.116. The van der Waals surface area contributed by atoms with Crippen molar-refractivity contribution in [2.75, 3.05) is 10.6 Å². The van der Waals surface area contributed by atoms with Crippen molar-refractivity contribution in [1.29, 1.82) is 0 Å². The van der Waals surface area contributed by atoms with Crippen molar-refractivity contribution in [3.63, 3.8) is 0 Å². The molecule has 1 aliphatic carbocycles. The summed E-state index contributed by atoms with van der Waals surface area (Å²) in [5, 5.41) is 6.16. The van der Waals surface area contributed by atoms with Crippen molar-refractivity contribution in [3.8, 4) is 11.1 Å². The lowest BCUT2D eigenvalue weighted by Gasteiger charge is -2.30. The summed E-state index contributed by atoms with van der Waals surface area (Å²) in [5.74, 6) is -1.26. The monoisotopic (exact) mass is 476 g/mol. The van der Waals surface area contributed by atoms with Gasteiger partial charge in [-0.2, -0.15) is 0 Å². The van der Waals surface area contributed by atoms with Gasteiger partial charge in [0, 0.05) is 30.3 Å². The molecule has 8 nitrogen and oxygen atoms in total. The summed E-state index contributed by atoms with van der Waals surface area (Å²) in [7, 11) is 0. The van der Waals surface area contributed by atoms with Crippen LogP contribution in [0.4, 0.5) is 21.7 Å². The van der Waals surface area contributed by atoms with Gasteiger partial charge in [0.1, 0.15) is 11.6 Å². The van der Waals surface area contributed by atoms with Crippen LogP contribution in [0.2, 0.25) is 0 Å². The van der Waals surface area contributed by atoms with E-state index in [1.165, 1.54) is 0 Å². The molecule has 0 radical (unpaired) electrons. The quantitative estimate of drug-likeness (QED) is 0.387. The zero-order chi connectivity index (χ0) is 24.9. The van der Waals surface area contributed by atoms with E-state index < -0.39 is 11.7 Å². The average molecular weight is 477 g/mol. The lowest BCUT2D eigenvalue weighted by Crippen LogP contribution is -2.43. The van der Waals surface area contributed by atoms with Crippen molar-refractivity contribution in [2.45, 2.75) is 51.1 Å². The molecule has 3 aromatic rings. The van der Waals surface area contributed by atoms with Gasteiger partial charge in [0.05, 0.1) is 17.4 Å². The topological polar surface area (TPSA) is 136 Å². The molecule has 1 aliphatic rings. The number of carbonyl (C=O) groups is 2. The molecule has 1 aromatic carbocycles. The van der Waals surface area contributed by atoms with Gasteiger partial charge in [0.25, 0.3) is 5.91 Å².